The van der Waals surface area contributed by atoms with Crippen LogP contribution in [-0.4, -0.2) is 5.11 Å². The summed E-state index contributed by atoms with van der Waals surface area (Å²) in [5, 5.41) is 6.82. The van der Waals surface area contributed by atoms with Gasteiger partial charge < -0.3 is 10.6 Å². The Bertz CT molecular complexity index is 721. The fraction of sp³-hybridized carbons (Fsp3) is 0.316. The van der Waals surface area contributed by atoms with Crippen LogP contribution in [-0.2, 0) is 11.7 Å². The summed E-state index contributed by atoms with van der Waals surface area (Å²) in [6, 6.07) is 15.0. The SMILES string of the molecule is FC(F)(F)c1ccc(NC(=S)NC2(c3ccccc3)CCCC2)cc1. The lowest BCUT2D eigenvalue weighted by molar-refractivity contribution is -0.137. The Kier molecular flexibility index (Phi) is 4.99. The molecule has 132 valence electrons. The first-order valence-corrected chi connectivity index (χ1v) is 8.62. The average Bonchev–Trinajstić information content (AvgIpc) is 3.05. The van der Waals surface area contributed by atoms with Crippen LogP contribution in [0.15, 0.2) is 54.6 Å². The largest absolute Gasteiger partial charge is 0.416 e. The fourth-order valence-electron chi connectivity index (χ4n) is 3.34. The van der Waals surface area contributed by atoms with E-state index in [0.717, 1.165) is 37.8 Å². The van der Waals surface area contributed by atoms with Crippen molar-refractivity contribution in [2.75, 3.05) is 5.32 Å². The molecule has 2 aromatic carbocycles. The van der Waals surface area contributed by atoms with E-state index in [1.165, 1.54) is 17.7 Å². The number of alkyl halides is 3. The predicted octanol–water partition coefficient (Wildman–Crippen LogP) is 5.46. The van der Waals surface area contributed by atoms with Crippen LogP contribution in [0.2, 0.25) is 0 Å². The van der Waals surface area contributed by atoms with Crippen molar-refractivity contribution in [3.63, 3.8) is 0 Å². The molecule has 0 saturated heterocycles. The monoisotopic (exact) mass is 364 g/mol. The Morgan fingerprint density at radius 3 is 2.08 bits per heavy atom. The first-order valence-electron chi connectivity index (χ1n) is 8.21. The van der Waals surface area contributed by atoms with Crippen molar-refractivity contribution in [3.8, 4) is 0 Å². The second kappa shape index (κ2) is 7.04. The van der Waals surface area contributed by atoms with Crippen molar-refractivity contribution in [1.29, 1.82) is 0 Å². The highest BCUT2D eigenvalue weighted by Crippen LogP contribution is 2.38. The highest BCUT2D eigenvalue weighted by atomic mass is 32.1. The van der Waals surface area contributed by atoms with Crippen LogP contribution in [0, 0.1) is 0 Å². The lowest BCUT2D eigenvalue weighted by Crippen LogP contribution is -2.45. The molecule has 0 unspecified atom stereocenters. The molecule has 0 bridgehead atoms. The molecule has 0 aromatic heterocycles. The summed E-state index contributed by atoms with van der Waals surface area (Å²) < 4.78 is 37.9. The van der Waals surface area contributed by atoms with Crippen molar-refractivity contribution in [3.05, 3.63) is 65.7 Å². The summed E-state index contributed by atoms with van der Waals surface area (Å²) in [4.78, 5) is 0. The molecule has 1 aliphatic rings. The van der Waals surface area contributed by atoms with Gasteiger partial charge in [-0.15, -0.1) is 0 Å². The molecule has 0 atom stereocenters. The maximum atomic E-state index is 12.6. The molecule has 0 aliphatic heterocycles. The molecule has 1 saturated carbocycles. The predicted molar refractivity (Wildman–Crippen MR) is 97.4 cm³/mol. The van der Waals surface area contributed by atoms with E-state index in [1.807, 2.05) is 18.2 Å². The number of nitrogens with one attached hydrogen (secondary N) is 2. The summed E-state index contributed by atoms with van der Waals surface area (Å²) in [5.41, 5.74) is 0.835. The molecular formula is C19H19F3N2S. The van der Waals surface area contributed by atoms with E-state index in [9.17, 15) is 13.2 Å². The molecule has 6 heteroatoms. The van der Waals surface area contributed by atoms with Crippen molar-refractivity contribution in [1.82, 2.24) is 5.32 Å². The van der Waals surface area contributed by atoms with Crippen LogP contribution in [0.5, 0.6) is 0 Å². The van der Waals surface area contributed by atoms with Gasteiger partial charge in [0.25, 0.3) is 0 Å². The van der Waals surface area contributed by atoms with Gasteiger partial charge in [0.2, 0.25) is 0 Å². The number of hydrogen-bond acceptors (Lipinski definition) is 1. The average molecular weight is 364 g/mol. The highest BCUT2D eigenvalue weighted by molar-refractivity contribution is 7.80. The molecule has 2 nitrogen and oxygen atoms in total. The maximum absolute atomic E-state index is 12.6. The molecule has 1 fully saturated rings. The van der Waals surface area contributed by atoms with Gasteiger partial charge in [-0.1, -0.05) is 43.2 Å². The number of rotatable bonds is 3. The van der Waals surface area contributed by atoms with Crippen molar-refractivity contribution in [2.45, 2.75) is 37.4 Å². The van der Waals surface area contributed by atoms with E-state index in [0.29, 0.717) is 10.8 Å². The van der Waals surface area contributed by atoms with Gasteiger partial charge in [0, 0.05) is 5.69 Å². The molecular weight excluding hydrogens is 345 g/mol. The molecule has 0 radical (unpaired) electrons. The smallest absolute Gasteiger partial charge is 0.353 e. The quantitative estimate of drug-likeness (QED) is 0.707. The first kappa shape index (κ1) is 17.7. The van der Waals surface area contributed by atoms with Gasteiger partial charge in [0.1, 0.15) is 0 Å². The Labute approximate surface area is 150 Å². The number of anilines is 1. The summed E-state index contributed by atoms with van der Waals surface area (Å²) in [7, 11) is 0. The van der Waals surface area contributed by atoms with Gasteiger partial charge in [-0.25, -0.2) is 0 Å². The normalized spacial score (nSPS) is 16.4. The van der Waals surface area contributed by atoms with Gasteiger partial charge in [0.15, 0.2) is 5.11 Å². The zero-order valence-electron chi connectivity index (χ0n) is 13.6. The lowest BCUT2D eigenvalue weighted by atomic mass is 9.88. The van der Waals surface area contributed by atoms with Gasteiger partial charge in [-0.05, 0) is 54.9 Å². The van der Waals surface area contributed by atoms with Gasteiger partial charge in [-0.2, -0.15) is 13.2 Å². The number of benzene rings is 2. The van der Waals surface area contributed by atoms with Crippen molar-refractivity contribution in [2.24, 2.45) is 0 Å². The molecule has 0 heterocycles. The molecule has 3 rings (SSSR count). The minimum atomic E-state index is -4.33. The first-order chi connectivity index (χ1) is 11.9. The molecule has 25 heavy (non-hydrogen) atoms. The molecule has 0 amide bonds. The van der Waals surface area contributed by atoms with Gasteiger partial charge in [-0.3, -0.25) is 0 Å². The Morgan fingerprint density at radius 1 is 0.920 bits per heavy atom. The topological polar surface area (TPSA) is 24.1 Å². The van der Waals surface area contributed by atoms with E-state index in [4.69, 9.17) is 12.2 Å². The maximum Gasteiger partial charge on any atom is 0.416 e. The van der Waals surface area contributed by atoms with Crippen LogP contribution in [0.4, 0.5) is 18.9 Å². The van der Waals surface area contributed by atoms with Gasteiger partial charge >= 0.3 is 6.18 Å². The Morgan fingerprint density at radius 2 is 1.52 bits per heavy atom. The summed E-state index contributed by atoms with van der Waals surface area (Å²) in [6.45, 7) is 0. The standard InChI is InChI=1S/C19H19F3N2S/c20-19(21,22)15-8-10-16(11-9-15)23-17(25)24-18(12-4-5-13-18)14-6-2-1-3-7-14/h1-3,6-11H,4-5,12-13H2,(H2,23,24,25). The van der Waals surface area contributed by atoms with Crippen molar-refractivity contribution < 1.29 is 13.2 Å². The number of hydrogen-bond donors (Lipinski definition) is 2. The second-order valence-corrected chi connectivity index (χ2v) is 6.72. The highest BCUT2D eigenvalue weighted by Gasteiger charge is 2.36. The van der Waals surface area contributed by atoms with Crippen LogP contribution >= 0.6 is 12.2 Å². The van der Waals surface area contributed by atoms with E-state index >= 15 is 0 Å². The lowest BCUT2D eigenvalue weighted by Gasteiger charge is -2.32. The van der Waals surface area contributed by atoms with E-state index in [2.05, 4.69) is 22.8 Å². The molecule has 2 aromatic rings. The minimum Gasteiger partial charge on any atom is -0.353 e. The third kappa shape index (κ3) is 4.12. The Hall–Kier alpha value is -2.08. The minimum absolute atomic E-state index is 0.211. The van der Waals surface area contributed by atoms with E-state index in [-0.39, 0.29) is 5.54 Å². The summed E-state index contributed by atoms with van der Waals surface area (Å²) in [6.07, 6.45) is -0.147. The third-order valence-electron chi connectivity index (χ3n) is 4.61. The van der Waals surface area contributed by atoms with E-state index in [1.54, 1.807) is 0 Å². The number of halogens is 3. The van der Waals surface area contributed by atoms with E-state index < -0.39 is 11.7 Å². The molecule has 1 aliphatic carbocycles. The third-order valence-corrected chi connectivity index (χ3v) is 4.81. The Balaban J connectivity index is 1.71. The van der Waals surface area contributed by atoms with Gasteiger partial charge in [0.05, 0.1) is 11.1 Å². The summed E-state index contributed by atoms with van der Waals surface area (Å²) in [5.74, 6) is 0. The molecule has 2 N–H and O–H groups in total. The van der Waals surface area contributed by atoms with Crippen LogP contribution in [0.1, 0.15) is 36.8 Å². The number of thiocarbonyl (C=S) groups is 1. The zero-order valence-corrected chi connectivity index (χ0v) is 14.4. The van der Waals surface area contributed by atoms with Crippen LogP contribution < -0.4 is 10.6 Å². The van der Waals surface area contributed by atoms with Crippen molar-refractivity contribution >= 4 is 23.0 Å². The van der Waals surface area contributed by atoms with Crippen LogP contribution in [0.3, 0.4) is 0 Å². The summed E-state index contributed by atoms with van der Waals surface area (Å²) >= 11 is 5.41. The fourth-order valence-corrected chi connectivity index (χ4v) is 3.66. The zero-order chi connectivity index (χ0) is 17.9. The second-order valence-electron chi connectivity index (χ2n) is 6.31. The molecule has 0 spiro atoms. The van der Waals surface area contributed by atoms with Crippen LogP contribution in [0.25, 0.3) is 0 Å².